The molecule has 0 atom stereocenters. The summed E-state index contributed by atoms with van der Waals surface area (Å²) in [5.41, 5.74) is 1.42. The normalized spacial score (nSPS) is 17.5. The van der Waals surface area contributed by atoms with Crippen LogP contribution in [0.1, 0.15) is 42.7 Å². The molecule has 94 valence electrons. The maximum Gasteiger partial charge on any atom is 0.238 e. The largest absolute Gasteiger partial charge is 0.392 e. The highest BCUT2D eigenvalue weighted by atomic mass is 32.2. The highest BCUT2D eigenvalue weighted by Gasteiger charge is 2.26. The number of aliphatic hydroxyl groups is 1. The Bertz CT molecular complexity index is 504. The second-order valence-electron chi connectivity index (χ2n) is 4.51. The van der Waals surface area contributed by atoms with Gasteiger partial charge in [0.05, 0.1) is 11.5 Å². The van der Waals surface area contributed by atoms with Crippen molar-refractivity contribution in [2.75, 3.05) is 0 Å². The van der Waals surface area contributed by atoms with Gasteiger partial charge in [0.25, 0.3) is 0 Å². The molecule has 0 saturated heterocycles. The van der Waals surface area contributed by atoms with Crippen LogP contribution in [0.15, 0.2) is 23.1 Å². The zero-order valence-electron chi connectivity index (χ0n) is 9.59. The van der Waals surface area contributed by atoms with Crippen LogP contribution >= 0.6 is 0 Å². The second kappa shape index (κ2) is 4.76. The van der Waals surface area contributed by atoms with Gasteiger partial charge in [-0.2, -0.15) is 0 Å². The number of benzene rings is 1. The van der Waals surface area contributed by atoms with Gasteiger partial charge in [0.1, 0.15) is 0 Å². The highest BCUT2D eigenvalue weighted by molar-refractivity contribution is 7.89. The van der Waals surface area contributed by atoms with E-state index in [4.69, 9.17) is 5.14 Å². The van der Waals surface area contributed by atoms with Gasteiger partial charge in [-0.1, -0.05) is 25.0 Å². The summed E-state index contributed by atoms with van der Waals surface area (Å²) in [5, 5.41) is 14.6. The summed E-state index contributed by atoms with van der Waals surface area (Å²) in [6.45, 7) is -0.144. The smallest absolute Gasteiger partial charge is 0.238 e. The molecule has 3 N–H and O–H groups in total. The van der Waals surface area contributed by atoms with Crippen LogP contribution in [0.5, 0.6) is 0 Å². The Morgan fingerprint density at radius 2 is 1.94 bits per heavy atom. The minimum atomic E-state index is -3.71. The van der Waals surface area contributed by atoms with Gasteiger partial charge in [0, 0.05) is 0 Å². The van der Waals surface area contributed by atoms with E-state index in [0.29, 0.717) is 5.56 Å². The van der Waals surface area contributed by atoms with Gasteiger partial charge < -0.3 is 5.11 Å². The van der Waals surface area contributed by atoms with Crippen molar-refractivity contribution in [1.82, 2.24) is 0 Å². The summed E-state index contributed by atoms with van der Waals surface area (Å²) in [5.74, 6) is 0.215. The number of hydrogen-bond donors (Lipinski definition) is 2. The Morgan fingerprint density at radius 1 is 1.29 bits per heavy atom. The van der Waals surface area contributed by atoms with E-state index >= 15 is 0 Å². The molecule has 0 bridgehead atoms. The maximum absolute atomic E-state index is 11.6. The van der Waals surface area contributed by atoms with Crippen molar-refractivity contribution in [3.8, 4) is 0 Å². The highest BCUT2D eigenvalue weighted by Crippen LogP contribution is 2.38. The van der Waals surface area contributed by atoms with E-state index in [0.717, 1.165) is 31.2 Å². The number of sulfonamides is 1. The minimum Gasteiger partial charge on any atom is -0.392 e. The molecule has 0 aliphatic heterocycles. The fourth-order valence-electron chi connectivity index (χ4n) is 2.65. The van der Waals surface area contributed by atoms with Gasteiger partial charge in [0.15, 0.2) is 0 Å². The van der Waals surface area contributed by atoms with E-state index in [2.05, 4.69) is 0 Å². The van der Waals surface area contributed by atoms with Crippen molar-refractivity contribution in [3.63, 3.8) is 0 Å². The lowest BCUT2D eigenvalue weighted by Gasteiger charge is -2.17. The second-order valence-corrected chi connectivity index (χ2v) is 6.04. The summed E-state index contributed by atoms with van der Waals surface area (Å²) in [6, 6.07) is 4.92. The Morgan fingerprint density at radius 3 is 2.47 bits per heavy atom. The van der Waals surface area contributed by atoms with E-state index in [1.807, 2.05) is 0 Å². The monoisotopic (exact) mass is 255 g/mol. The van der Waals surface area contributed by atoms with Crippen molar-refractivity contribution in [3.05, 3.63) is 29.3 Å². The van der Waals surface area contributed by atoms with Gasteiger partial charge in [-0.05, 0) is 36.0 Å². The predicted octanol–water partition coefficient (Wildman–Crippen LogP) is 1.48. The van der Waals surface area contributed by atoms with E-state index < -0.39 is 10.0 Å². The van der Waals surface area contributed by atoms with E-state index in [9.17, 15) is 13.5 Å². The zero-order chi connectivity index (χ0) is 12.5. The first-order valence-electron chi connectivity index (χ1n) is 5.79. The average Bonchev–Trinajstić information content (AvgIpc) is 2.80. The first-order valence-corrected chi connectivity index (χ1v) is 7.34. The zero-order valence-corrected chi connectivity index (χ0v) is 10.4. The Labute approximate surface area is 102 Å². The summed E-state index contributed by atoms with van der Waals surface area (Å²) in [6.07, 6.45) is 4.15. The van der Waals surface area contributed by atoms with Crippen LogP contribution < -0.4 is 5.14 Å². The van der Waals surface area contributed by atoms with E-state index in [1.54, 1.807) is 12.1 Å². The lowest BCUT2D eigenvalue weighted by molar-refractivity contribution is 0.279. The number of aliphatic hydroxyl groups excluding tert-OH is 1. The molecule has 1 saturated carbocycles. The summed E-state index contributed by atoms with van der Waals surface area (Å²) in [7, 11) is -3.71. The molecule has 2 rings (SSSR count). The van der Waals surface area contributed by atoms with Crippen molar-refractivity contribution in [1.29, 1.82) is 0 Å². The molecule has 1 fully saturated rings. The van der Waals surface area contributed by atoms with Gasteiger partial charge in [-0.3, -0.25) is 0 Å². The molecule has 1 aromatic rings. The van der Waals surface area contributed by atoms with Crippen LogP contribution in [0.2, 0.25) is 0 Å². The van der Waals surface area contributed by atoms with E-state index in [-0.39, 0.29) is 17.4 Å². The topological polar surface area (TPSA) is 80.4 Å². The van der Waals surface area contributed by atoms with Crippen molar-refractivity contribution in [2.24, 2.45) is 5.14 Å². The summed E-state index contributed by atoms with van der Waals surface area (Å²) >= 11 is 0. The molecule has 1 aromatic carbocycles. The Balaban J connectivity index is 2.59. The third-order valence-corrected chi connectivity index (χ3v) is 4.37. The fourth-order valence-corrected chi connectivity index (χ4v) is 3.53. The first kappa shape index (κ1) is 12.5. The molecule has 0 heterocycles. The molecule has 0 radical (unpaired) electrons. The molecule has 5 heteroatoms. The molecule has 1 aliphatic carbocycles. The van der Waals surface area contributed by atoms with Crippen LogP contribution in [0.25, 0.3) is 0 Å². The molecular formula is C12H17NO3S. The Hall–Kier alpha value is -0.910. The lowest BCUT2D eigenvalue weighted by Crippen LogP contribution is -2.17. The number of hydrogen-bond acceptors (Lipinski definition) is 3. The van der Waals surface area contributed by atoms with Crippen molar-refractivity contribution >= 4 is 10.0 Å². The molecule has 1 aliphatic rings. The van der Waals surface area contributed by atoms with Crippen LogP contribution in [0.4, 0.5) is 0 Å². The SMILES string of the molecule is NS(=O)(=O)c1cccc(CO)c1C1CCCC1. The number of nitrogens with two attached hydrogens (primary N) is 1. The standard InChI is InChI=1S/C12H17NO3S/c13-17(15,16)11-7-3-6-10(8-14)12(11)9-4-1-2-5-9/h3,6-7,9,14H,1-2,4-5,8H2,(H2,13,15,16). The van der Waals surface area contributed by atoms with Gasteiger partial charge >= 0.3 is 0 Å². The van der Waals surface area contributed by atoms with Gasteiger partial charge in [0.2, 0.25) is 10.0 Å². The molecule has 0 aromatic heterocycles. The van der Waals surface area contributed by atoms with Crippen LogP contribution in [-0.2, 0) is 16.6 Å². The number of primary sulfonamides is 1. The third-order valence-electron chi connectivity index (χ3n) is 3.40. The average molecular weight is 255 g/mol. The Kier molecular flexibility index (Phi) is 3.51. The minimum absolute atomic E-state index is 0.144. The number of rotatable bonds is 3. The fraction of sp³-hybridized carbons (Fsp3) is 0.500. The molecule has 17 heavy (non-hydrogen) atoms. The molecular weight excluding hydrogens is 238 g/mol. The molecule has 0 amide bonds. The molecule has 4 nitrogen and oxygen atoms in total. The van der Waals surface area contributed by atoms with Crippen LogP contribution in [-0.4, -0.2) is 13.5 Å². The third kappa shape index (κ3) is 2.51. The summed E-state index contributed by atoms with van der Waals surface area (Å²) in [4.78, 5) is 0.177. The predicted molar refractivity (Wildman–Crippen MR) is 64.9 cm³/mol. The van der Waals surface area contributed by atoms with Crippen molar-refractivity contribution < 1.29 is 13.5 Å². The van der Waals surface area contributed by atoms with E-state index in [1.165, 1.54) is 6.07 Å². The quantitative estimate of drug-likeness (QED) is 0.858. The molecule has 0 unspecified atom stereocenters. The van der Waals surface area contributed by atoms with Gasteiger partial charge in [-0.15, -0.1) is 0 Å². The van der Waals surface area contributed by atoms with Crippen LogP contribution in [0.3, 0.4) is 0 Å². The lowest BCUT2D eigenvalue weighted by atomic mass is 9.93. The van der Waals surface area contributed by atoms with Crippen molar-refractivity contribution in [2.45, 2.75) is 43.1 Å². The van der Waals surface area contributed by atoms with Crippen LogP contribution in [0, 0.1) is 0 Å². The first-order chi connectivity index (χ1) is 8.04. The molecule has 0 spiro atoms. The summed E-state index contributed by atoms with van der Waals surface area (Å²) < 4.78 is 23.1. The maximum atomic E-state index is 11.6. The van der Waals surface area contributed by atoms with Gasteiger partial charge in [-0.25, -0.2) is 13.6 Å².